The molecule has 1 atom stereocenters. The summed E-state index contributed by atoms with van der Waals surface area (Å²) in [6.07, 6.45) is 0. The largest absolute Gasteiger partial charge is 0.350 e. The number of carbonyl (C=O) groups is 1. The van der Waals surface area contributed by atoms with Crippen LogP contribution in [0.15, 0.2) is 0 Å². The molecule has 0 radical (unpaired) electrons. The molecule has 0 saturated carbocycles. The number of nitrogens with one attached hydrogen (secondary N) is 1. The first-order valence-corrected chi connectivity index (χ1v) is 4.31. The molecule has 12 heavy (non-hydrogen) atoms. The molecule has 0 aliphatic rings. The van der Waals surface area contributed by atoms with E-state index in [1.807, 2.05) is 34.6 Å². The van der Waals surface area contributed by atoms with Gasteiger partial charge in [0.05, 0.1) is 6.04 Å². The summed E-state index contributed by atoms with van der Waals surface area (Å²) in [7, 11) is 0. The maximum absolute atomic E-state index is 11.4. The van der Waals surface area contributed by atoms with E-state index in [1.54, 1.807) is 0 Å². The molecule has 0 aliphatic carbocycles. The lowest BCUT2D eigenvalue weighted by atomic mass is 10.0. The van der Waals surface area contributed by atoms with E-state index in [9.17, 15) is 4.79 Å². The van der Waals surface area contributed by atoms with E-state index in [0.29, 0.717) is 0 Å². The molecule has 1 amide bonds. The molecule has 0 aromatic heterocycles. The molecule has 3 nitrogen and oxygen atoms in total. The summed E-state index contributed by atoms with van der Waals surface area (Å²) in [6.45, 7) is 9.70. The minimum Gasteiger partial charge on any atom is -0.350 e. The highest BCUT2D eigenvalue weighted by Gasteiger charge is 2.21. The van der Waals surface area contributed by atoms with Crippen molar-refractivity contribution in [3.63, 3.8) is 0 Å². The third kappa shape index (κ3) is 4.34. The quantitative estimate of drug-likeness (QED) is 0.649. The molecule has 0 aromatic carbocycles. The van der Waals surface area contributed by atoms with Crippen molar-refractivity contribution in [1.29, 1.82) is 0 Å². The van der Waals surface area contributed by atoms with E-state index in [-0.39, 0.29) is 17.4 Å². The van der Waals surface area contributed by atoms with Gasteiger partial charge in [-0.3, -0.25) is 4.79 Å². The Bertz CT molecular complexity index is 158. The zero-order valence-electron chi connectivity index (χ0n) is 8.64. The lowest BCUT2D eigenvalue weighted by Crippen LogP contribution is -2.50. The molecule has 0 aliphatic heterocycles. The molecular formula is C9H20N2O. The molecule has 0 fully saturated rings. The predicted molar refractivity (Wildman–Crippen MR) is 50.7 cm³/mol. The summed E-state index contributed by atoms with van der Waals surface area (Å²) in [4.78, 5) is 11.4. The van der Waals surface area contributed by atoms with Gasteiger partial charge in [-0.15, -0.1) is 0 Å². The molecule has 72 valence electrons. The van der Waals surface area contributed by atoms with Crippen LogP contribution in [0.2, 0.25) is 0 Å². The zero-order valence-corrected chi connectivity index (χ0v) is 8.64. The predicted octanol–water partition coefficient (Wildman–Crippen LogP) is 0.884. The van der Waals surface area contributed by atoms with Crippen molar-refractivity contribution in [3.8, 4) is 0 Å². The van der Waals surface area contributed by atoms with Crippen molar-refractivity contribution in [1.82, 2.24) is 5.32 Å². The van der Waals surface area contributed by atoms with Gasteiger partial charge in [0.15, 0.2) is 0 Å². The smallest absolute Gasteiger partial charge is 0.237 e. The standard InChI is InChI=1S/C9H20N2O/c1-6(2)7(10)8(12)11-9(3,4)5/h6-7H,10H2,1-5H3,(H,11,12)/t7-/m1/s1. The summed E-state index contributed by atoms with van der Waals surface area (Å²) in [5.74, 6) is 0.116. The SMILES string of the molecule is CC(C)[C@@H](N)C(=O)NC(C)(C)C. The molecule has 0 rings (SSSR count). The molecule has 0 spiro atoms. The average Bonchev–Trinajstić information content (AvgIpc) is 1.82. The van der Waals surface area contributed by atoms with E-state index in [2.05, 4.69) is 5.32 Å². The van der Waals surface area contributed by atoms with Gasteiger partial charge in [-0.1, -0.05) is 13.8 Å². The van der Waals surface area contributed by atoms with Gasteiger partial charge in [0.25, 0.3) is 0 Å². The first-order valence-electron chi connectivity index (χ1n) is 4.31. The highest BCUT2D eigenvalue weighted by atomic mass is 16.2. The minimum absolute atomic E-state index is 0.0718. The molecule has 3 heteroatoms. The summed E-state index contributed by atoms with van der Waals surface area (Å²) in [5.41, 5.74) is 5.46. The van der Waals surface area contributed by atoms with Gasteiger partial charge in [0.2, 0.25) is 5.91 Å². The lowest BCUT2D eigenvalue weighted by molar-refractivity contribution is -0.124. The third-order valence-corrected chi connectivity index (χ3v) is 1.52. The van der Waals surface area contributed by atoms with Crippen molar-refractivity contribution >= 4 is 5.91 Å². The molecule has 0 heterocycles. The van der Waals surface area contributed by atoms with Crippen molar-refractivity contribution in [2.45, 2.75) is 46.2 Å². The van der Waals surface area contributed by atoms with Gasteiger partial charge >= 0.3 is 0 Å². The molecule has 0 bridgehead atoms. The van der Waals surface area contributed by atoms with Crippen LogP contribution >= 0.6 is 0 Å². The number of amides is 1. The van der Waals surface area contributed by atoms with E-state index in [4.69, 9.17) is 5.73 Å². The molecule has 0 saturated heterocycles. The van der Waals surface area contributed by atoms with Crippen LogP contribution < -0.4 is 11.1 Å². The topological polar surface area (TPSA) is 55.1 Å². The Labute approximate surface area is 74.7 Å². The maximum Gasteiger partial charge on any atom is 0.237 e. The summed E-state index contributed by atoms with van der Waals surface area (Å²) >= 11 is 0. The Morgan fingerprint density at radius 1 is 1.33 bits per heavy atom. The van der Waals surface area contributed by atoms with Crippen molar-refractivity contribution < 1.29 is 4.79 Å². The van der Waals surface area contributed by atoms with Crippen LogP contribution in [-0.2, 0) is 4.79 Å². The van der Waals surface area contributed by atoms with Crippen LogP contribution in [0.5, 0.6) is 0 Å². The molecular weight excluding hydrogens is 152 g/mol. The normalized spacial score (nSPS) is 14.6. The second kappa shape index (κ2) is 3.90. The number of nitrogens with two attached hydrogens (primary N) is 1. The van der Waals surface area contributed by atoms with E-state index in [1.165, 1.54) is 0 Å². The van der Waals surface area contributed by atoms with Crippen LogP contribution in [0.3, 0.4) is 0 Å². The third-order valence-electron chi connectivity index (χ3n) is 1.52. The first-order chi connectivity index (χ1) is 5.24. The highest BCUT2D eigenvalue weighted by Crippen LogP contribution is 2.03. The second-order valence-electron chi connectivity index (χ2n) is 4.51. The van der Waals surface area contributed by atoms with Gasteiger partial charge in [-0.25, -0.2) is 0 Å². The van der Waals surface area contributed by atoms with Crippen molar-refractivity contribution in [2.75, 3.05) is 0 Å². The Hall–Kier alpha value is -0.570. The van der Waals surface area contributed by atoms with Crippen LogP contribution in [0, 0.1) is 5.92 Å². The van der Waals surface area contributed by atoms with Crippen LogP contribution in [0.25, 0.3) is 0 Å². The fourth-order valence-electron chi connectivity index (χ4n) is 0.756. The first kappa shape index (κ1) is 11.4. The van der Waals surface area contributed by atoms with Crippen LogP contribution in [-0.4, -0.2) is 17.5 Å². The van der Waals surface area contributed by atoms with Crippen LogP contribution in [0.1, 0.15) is 34.6 Å². The van der Waals surface area contributed by atoms with Gasteiger partial charge in [-0.05, 0) is 26.7 Å². The molecule has 3 N–H and O–H groups in total. The fourth-order valence-corrected chi connectivity index (χ4v) is 0.756. The fraction of sp³-hybridized carbons (Fsp3) is 0.889. The average molecular weight is 172 g/mol. The Morgan fingerprint density at radius 2 is 1.75 bits per heavy atom. The Morgan fingerprint density at radius 3 is 2.00 bits per heavy atom. The minimum atomic E-state index is -0.399. The number of rotatable bonds is 2. The van der Waals surface area contributed by atoms with Gasteiger partial charge in [0, 0.05) is 5.54 Å². The van der Waals surface area contributed by atoms with Gasteiger partial charge in [-0.2, -0.15) is 0 Å². The summed E-state index contributed by atoms with van der Waals surface area (Å²) in [5, 5.41) is 2.84. The van der Waals surface area contributed by atoms with E-state index < -0.39 is 6.04 Å². The summed E-state index contributed by atoms with van der Waals surface area (Å²) in [6, 6.07) is -0.399. The number of hydrogen-bond acceptors (Lipinski definition) is 2. The molecule has 0 aromatic rings. The van der Waals surface area contributed by atoms with Crippen molar-refractivity contribution in [2.24, 2.45) is 11.7 Å². The zero-order chi connectivity index (χ0) is 9.94. The van der Waals surface area contributed by atoms with Crippen molar-refractivity contribution in [3.05, 3.63) is 0 Å². The monoisotopic (exact) mass is 172 g/mol. The molecule has 0 unspecified atom stereocenters. The van der Waals surface area contributed by atoms with E-state index >= 15 is 0 Å². The number of carbonyl (C=O) groups excluding carboxylic acids is 1. The van der Waals surface area contributed by atoms with Crippen LogP contribution in [0.4, 0.5) is 0 Å². The second-order valence-corrected chi connectivity index (χ2v) is 4.51. The lowest BCUT2D eigenvalue weighted by Gasteiger charge is -2.24. The summed E-state index contributed by atoms with van der Waals surface area (Å²) < 4.78 is 0. The maximum atomic E-state index is 11.4. The van der Waals surface area contributed by atoms with E-state index in [0.717, 1.165) is 0 Å². The highest BCUT2D eigenvalue weighted by molar-refractivity contribution is 5.82. The number of hydrogen-bond donors (Lipinski definition) is 2. The van der Waals surface area contributed by atoms with Gasteiger partial charge in [0.1, 0.15) is 0 Å². The van der Waals surface area contributed by atoms with Gasteiger partial charge < -0.3 is 11.1 Å². The Kier molecular flexibility index (Phi) is 3.71. The Balaban J connectivity index is 4.05.